The third-order valence-corrected chi connectivity index (χ3v) is 5.45. The lowest BCUT2D eigenvalue weighted by Crippen LogP contribution is -2.37. The largest absolute Gasteiger partial charge is 0.356 e. The minimum Gasteiger partial charge on any atom is -0.356 e. The number of rotatable bonds is 11. The molecular formula is C20H35IN6S. The average molecular weight is 519 g/mol. The summed E-state index contributed by atoms with van der Waals surface area (Å²) in [6.45, 7) is 8.79. The van der Waals surface area contributed by atoms with Gasteiger partial charge in [-0.25, -0.2) is 4.99 Å². The molecule has 6 nitrogen and oxygen atoms in total. The van der Waals surface area contributed by atoms with Gasteiger partial charge >= 0.3 is 0 Å². The first-order valence-corrected chi connectivity index (χ1v) is 10.8. The Labute approximate surface area is 190 Å². The van der Waals surface area contributed by atoms with Crippen LogP contribution in [0.1, 0.15) is 62.5 Å². The minimum absolute atomic E-state index is 0. The summed E-state index contributed by atoms with van der Waals surface area (Å²) in [5.74, 6) is 3.43. The van der Waals surface area contributed by atoms with Crippen molar-refractivity contribution in [1.29, 1.82) is 0 Å². The van der Waals surface area contributed by atoms with Gasteiger partial charge in [0, 0.05) is 18.5 Å². The molecule has 0 amide bonds. The number of aryl methyl sites for hydroxylation is 1. The summed E-state index contributed by atoms with van der Waals surface area (Å²) in [7, 11) is 1.98. The Balaban J connectivity index is 0.00000392. The maximum atomic E-state index is 4.70. The molecule has 0 atom stereocenters. The number of hydrogen-bond acceptors (Lipinski definition) is 4. The van der Waals surface area contributed by atoms with Crippen LogP contribution >= 0.6 is 35.3 Å². The van der Waals surface area contributed by atoms with Crippen LogP contribution in [0, 0.1) is 12.8 Å². The molecule has 0 aliphatic carbocycles. The molecule has 8 heteroatoms. The van der Waals surface area contributed by atoms with Crippen molar-refractivity contribution in [1.82, 2.24) is 25.4 Å². The van der Waals surface area contributed by atoms with Crippen molar-refractivity contribution in [2.75, 3.05) is 6.54 Å². The van der Waals surface area contributed by atoms with E-state index in [2.05, 4.69) is 52.2 Å². The van der Waals surface area contributed by atoms with Gasteiger partial charge in [0.2, 0.25) is 0 Å². The molecular weight excluding hydrogens is 483 g/mol. The van der Waals surface area contributed by atoms with Crippen molar-refractivity contribution >= 4 is 41.3 Å². The second-order valence-electron chi connectivity index (χ2n) is 7.34. The number of nitrogens with one attached hydrogen (secondary N) is 2. The molecule has 0 radical (unpaired) electrons. The molecule has 0 spiro atoms. The maximum Gasteiger partial charge on any atom is 0.192 e. The molecule has 0 aliphatic heterocycles. The Kier molecular flexibility index (Phi) is 12.4. The monoisotopic (exact) mass is 518 g/mol. The lowest BCUT2D eigenvalue weighted by Gasteiger charge is -2.12. The number of unbranched alkanes of at least 4 members (excludes halogenated alkanes) is 3. The van der Waals surface area contributed by atoms with Gasteiger partial charge in [-0.3, -0.25) is 0 Å². The summed E-state index contributed by atoms with van der Waals surface area (Å²) in [6, 6.07) is 4.21. The van der Waals surface area contributed by atoms with Gasteiger partial charge in [-0.2, -0.15) is 0 Å². The van der Waals surface area contributed by atoms with E-state index < -0.39 is 0 Å². The highest BCUT2D eigenvalue weighted by Gasteiger charge is 2.05. The van der Waals surface area contributed by atoms with Gasteiger partial charge in [-0.15, -0.1) is 45.5 Å². The molecule has 2 N–H and O–H groups in total. The van der Waals surface area contributed by atoms with Crippen LogP contribution in [0.15, 0.2) is 22.5 Å². The van der Waals surface area contributed by atoms with Crippen LogP contribution in [-0.2, 0) is 20.1 Å². The normalized spacial score (nSPS) is 11.5. The van der Waals surface area contributed by atoms with Gasteiger partial charge in [0.25, 0.3) is 0 Å². The highest BCUT2D eigenvalue weighted by molar-refractivity contribution is 14.0. The first-order valence-electron chi connectivity index (χ1n) is 9.95. The first-order chi connectivity index (χ1) is 13.1. The zero-order valence-electron chi connectivity index (χ0n) is 17.6. The van der Waals surface area contributed by atoms with E-state index in [1.54, 1.807) is 11.3 Å². The Morgan fingerprint density at radius 1 is 1.18 bits per heavy atom. The molecule has 0 unspecified atom stereocenters. The number of hydrogen-bond donors (Lipinski definition) is 2. The Morgan fingerprint density at radius 2 is 1.96 bits per heavy atom. The fourth-order valence-electron chi connectivity index (χ4n) is 2.73. The molecule has 158 valence electrons. The number of aliphatic imine (C=N–C) groups is 1. The van der Waals surface area contributed by atoms with E-state index in [4.69, 9.17) is 4.99 Å². The number of thiophene rings is 1. The summed E-state index contributed by atoms with van der Waals surface area (Å²) >= 11 is 1.75. The zero-order valence-corrected chi connectivity index (χ0v) is 20.7. The van der Waals surface area contributed by atoms with Crippen molar-refractivity contribution in [3.05, 3.63) is 34.0 Å². The average Bonchev–Trinajstić information content (AvgIpc) is 3.27. The lowest BCUT2D eigenvalue weighted by molar-refractivity contribution is 0.518. The number of nitrogens with zero attached hydrogens (tertiary/aromatic N) is 4. The van der Waals surface area contributed by atoms with Gasteiger partial charge in [0.05, 0.1) is 6.54 Å². The second kappa shape index (κ2) is 13.9. The predicted octanol–water partition coefficient (Wildman–Crippen LogP) is 4.64. The van der Waals surface area contributed by atoms with Gasteiger partial charge in [0.1, 0.15) is 12.4 Å². The van der Waals surface area contributed by atoms with E-state index in [9.17, 15) is 0 Å². The van der Waals surface area contributed by atoms with Crippen molar-refractivity contribution in [2.45, 2.75) is 66.0 Å². The molecule has 28 heavy (non-hydrogen) atoms. The van der Waals surface area contributed by atoms with Gasteiger partial charge in [-0.05, 0) is 30.7 Å². The van der Waals surface area contributed by atoms with Crippen LogP contribution in [0.25, 0.3) is 0 Å². The third-order valence-electron chi connectivity index (χ3n) is 4.57. The highest BCUT2D eigenvalue weighted by Crippen LogP contribution is 2.09. The smallest absolute Gasteiger partial charge is 0.192 e. The summed E-state index contributed by atoms with van der Waals surface area (Å²) in [5.41, 5.74) is 0. The van der Waals surface area contributed by atoms with Gasteiger partial charge < -0.3 is 15.2 Å². The summed E-state index contributed by atoms with van der Waals surface area (Å²) in [6.07, 6.45) is 6.41. The highest BCUT2D eigenvalue weighted by atomic mass is 127. The fraction of sp³-hybridized carbons (Fsp3) is 0.650. The molecule has 2 rings (SSSR count). The molecule has 0 aliphatic rings. The lowest BCUT2D eigenvalue weighted by atomic mass is 10.0. The molecule has 0 saturated carbocycles. The molecule has 0 fully saturated rings. The van der Waals surface area contributed by atoms with Crippen LogP contribution in [0.5, 0.6) is 0 Å². The standard InChI is InChI=1S/C20H34N6S.HI/c1-16(2)10-7-5-6-8-12-21-20(22-14-18-11-9-13-27-18)23-15-19-25-24-17(3)26(19)4;/h9,11,13,16H,5-8,10,12,14-15H2,1-4H3,(H2,21,22,23);1H. The summed E-state index contributed by atoms with van der Waals surface area (Å²) < 4.78 is 1.98. The van der Waals surface area contributed by atoms with Gasteiger partial charge in [-0.1, -0.05) is 45.6 Å². The molecule has 0 saturated heterocycles. The quantitative estimate of drug-likeness (QED) is 0.197. The number of halogens is 1. The molecule has 2 aromatic rings. The molecule has 2 heterocycles. The first kappa shape index (κ1) is 24.9. The zero-order chi connectivity index (χ0) is 19.5. The fourth-order valence-corrected chi connectivity index (χ4v) is 3.38. The van der Waals surface area contributed by atoms with E-state index >= 15 is 0 Å². The van der Waals surface area contributed by atoms with Crippen LogP contribution < -0.4 is 10.6 Å². The Hall–Kier alpha value is -1.16. The number of aromatic nitrogens is 3. The van der Waals surface area contributed by atoms with Crippen molar-refractivity contribution < 1.29 is 0 Å². The summed E-state index contributed by atoms with van der Waals surface area (Å²) in [5, 5.41) is 17.3. The van der Waals surface area contributed by atoms with Gasteiger partial charge in [0.15, 0.2) is 11.8 Å². The minimum atomic E-state index is 0. The predicted molar refractivity (Wildman–Crippen MR) is 129 cm³/mol. The van der Waals surface area contributed by atoms with E-state index in [1.165, 1.54) is 37.0 Å². The van der Waals surface area contributed by atoms with Crippen LogP contribution in [0.3, 0.4) is 0 Å². The maximum absolute atomic E-state index is 4.70. The van der Waals surface area contributed by atoms with E-state index in [-0.39, 0.29) is 24.0 Å². The van der Waals surface area contributed by atoms with E-state index in [0.717, 1.165) is 36.6 Å². The molecule has 2 aromatic heterocycles. The van der Waals surface area contributed by atoms with E-state index in [0.29, 0.717) is 6.54 Å². The van der Waals surface area contributed by atoms with Crippen molar-refractivity contribution in [3.8, 4) is 0 Å². The van der Waals surface area contributed by atoms with Crippen LogP contribution in [-0.4, -0.2) is 27.3 Å². The van der Waals surface area contributed by atoms with Crippen molar-refractivity contribution in [2.24, 2.45) is 18.0 Å². The summed E-state index contributed by atoms with van der Waals surface area (Å²) in [4.78, 5) is 6.00. The second-order valence-corrected chi connectivity index (χ2v) is 8.38. The third kappa shape index (κ3) is 9.36. The Morgan fingerprint density at radius 3 is 2.61 bits per heavy atom. The SMILES string of the molecule is Cc1nnc(CN=C(NCCCCCCC(C)C)NCc2cccs2)n1C.I. The topological polar surface area (TPSA) is 67.1 Å². The van der Waals surface area contributed by atoms with E-state index in [1.807, 2.05) is 18.5 Å². The van der Waals surface area contributed by atoms with Crippen LogP contribution in [0.2, 0.25) is 0 Å². The molecule has 0 bridgehead atoms. The van der Waals surface area contributed by atoms with Crippen LogP contribution in [0.4, 0.5) is 0 Å². The number of guanidine groups is 1. The molecule has 0 aromatic carbocycles. The Bertz CT molecular complexity index is 681. The van der Waals surface area contributed by atoms with Crippen molar-refractivity contribution in [3.63, 3.8) is 0 Å².